The van der Waals surface area contributed by atoms with E-state index in [1.807, 2.05) is 30.3 Å². The number of halogens is 1. The third kappa shape index (κ3) is 3.00. The average molecular weight is 344 g/mol. The fraction of sp³-hybridized carbons (Fsp3) is 0.222. The highest BCUT2D eigenvalue weighted by atomic mass is 35.5. The van der Waals surface area contributed by atoms with Crippen molar-refractivity contribution in [2.75, 3.05) is 13.7 Å². The monoisotopic (exact) mass is 343 g/mol. The van der Waals surface area contributed by atoms with E-state index in [0.717, 1.165) is 11.0 Å². The summed E-state index contributed by atoms with van der Waals surface area (Å²) in [6.07, 6.45) is 0. The molecule has 0 amide bonds. The molecular formula is C18H18ClN3O2. The molecule has 124 valence electrons. The van der Waals surface area contributed by atoms with E-state index in [9.17, 15) is 4.79 Å². The lowest BCUT2D eigenvalue weighted by molar-refractivity contribution is 0.0971. The van der Waals surface area contributed by atoms with Crippen LogP contribution in [0.5, 0.6) is 0 Å². The first-order chi connectivity index (χ1) is 11.6. The van der Waals surface area contributed by atoms with Crippen LogP contribution in [0.15, 0.2) is 48.5 Å². The summed E-state index contributed by atoms with van der Waals surface area (Å²) in [4.78, 5) is 12.5. The standard InChI is InChI=1S/C18H18ClN3O2/c1-24-11-10-21-17-14(19)8-5-9-15(17)22(18(21)20)12-16(23)13-6-3-2-4-7-13/h2-9,20H,10-12H2,1H3. The number of carbonyl (C=O) groups is 1. The average Bonchev–Trinajstić information content (AvgIpc) is 2.87. The number of rotatable bonds is 6. The zero-order chi connectivity index (χ0) is 17.1. The maximum absolute atomic E-state index is 12.5. The molecule has 0 aliphatic carbocycles. The quantitative estimate of drug-likeness (QED) is 0.699. The van der Waals surface area contributed by atoms with Gasteiger partial charge in [0.1, 0.15) is 0 Å². The normalized spacial score (nSPS) is 11.1. The number of nitrogens with one attached hydrogen (secondary N) is 1. The third-order valence-electron chi connectivity index (χ3n) is 3.95. The highest BCUT2D eigenvalue weighted by Gasteiger charge is 2.16. The molecule has 0 aliphatic rings. The highest BCUT2D eigenvalue weighted by Crippen LogP contribution is 2.23. The first kappa shape index (κ1) is 16.5. The van der Waals surface area contributed by atoms with Gasteiger partial charge in [-0.15, -0.1) is 0 Å². The molecule has 0 unspecified atom stereocenters. The molecule has 0 saturated carbocycles. The van der Waals surface area contributed by atoms with Crippen molar-refractivity contribution in [1.82, 2.24) is 9.13 Å². The lowest BCUT2D eigenvalue weighted by Gasteiger charge is -2.04. The number of fused-ring (bicyclic) bond motifs is 1. The van der Waals surface area contributed by atoms with Crippen LogP contribution in [0.25, 0.3) is 11.0 Å². The van der Waals surface area contributed by atoms with Crippen molar-refractivity contribution in [3.05, 3.63) is 64.7 Å². The molecule has 0 aliphatic heterocycles. The van der Waals surface area contributed by atoms with Crippen LogP contribution in [0.3, 0.4) is 0 Å². The summed E-state index contributed by atoms with van der Waals surface area (Å²) in [6, 6.07) is 14.6. The Kier molecular flexibility index (Phi) is 4.83. The third-order valence-corrected chi connectivity index (χ3v) is 4.26. The SMILES string of the molecule is COCCn1c(=N)n(CC(=O)c2ccccc2)c2cccc(Cl)c21. The number of imidazole rings is 1. The van der Waals surface area contributed by atoms with Gasteiger partial charge in [-0.1, -0.05) is 48.0 Å². The second kappa shape index (κ2) is 7.03. The summed E-state index contributed by atoms with van der Waals surface area (Å²) >= 11 is 6.34. The van der Waals surface area contributed by atoms with Crippen LogP contribution < -0.4 is 5.62 Å². The lowest BCUT2D eigenvalue weighted by atomic mass is 10.1. The number of nitrogens with zero attached hydrogens (tertiary/aromatic N) is 2. The molecule has 0 fully saturated rings. The van der Waals surface area contributed by atoms with E-state index in [4.69, 9.17) is 21.7 Å². The van der Waals surface area contributed by atoms with Crippen LogP contribution in [0.1, 0.15) is 10.4 Å². The van der Waals surface area contributed by atoms with Crippen molar-refractivity contribution in [3.8, 4) is 0 Å². The van der Waals surface area contributed by atoms with E-state index < -0.39 is 0 Å². The molecule has 24 heavy (non-hydrogen) atoms. The lowest BCUT2D eigenvalue weighted by Crippen LogP contribution is -2.28. The van der Waals surface area contributed by atoms with Crippen molar-refractivity contribution in [3.63, 3.8) is 0 Å². The second-order valence-corrected chi connectivity index (χ2v) is 5.86. The number of carbonyl (C=O) groups excluding carboxylic acids is 1. The van der Waals surface area contributed by atoms with Crippen molar-refractivity contribution >= 4 is 28.4 Å². The van der Waals surface area contributed by atoms with E-state index in [1.54, 1.807) is 34.4 Å². The molecule has 6 heteroatoms. The minimum Gasteiger partial charge on any atom is -0.383 e. The summed E-state index contributed by atoms with van der Waals surface area (Å²) in [5.41, 5.74) is 2.39. The molecule has 1 aromatic heterocycles. The van der Waals surface area contributed by atoms with Gasteiger partial charge in [0.15, 0.2) is 5.78 Å². The van der Waals surface area contributed by atoms with E-state index >= 15 is 0 Å². The summed E-state index contributed by atoms with van der Waals surface area (Å²) in [7, 11) is 1.61. The Hall–Kier alpha value is -2.37. The van der Waals surface area contributed by atoms with Crippen molar-refractivity contribution < 1.29 is 9.53 Å². The first-order valence-corrected chi connectivity index (χ1v) is 8.00. The summed E-state index contributed by atoms with van der Waals surface area (Å²) in [5, 5.41) is 9.02. The molecular weight excluding hydrogens is 326 g/mol. The van der Waals surface area contributed by atoms with Gasteiger partial charge in [0, 0.05) is 19.2 Å². The molecule has 1 heterocycles. The van der Waals surface area contributed by atoms with E-state index in [2.05, 4.69) is 0 Å². The Morgan fingerprint density at radius 1 is 1.12 bits per heavy atom. The molecule has 5 nitrogen and oxygen atoms in total. The Balaban J connectivity index is 2.08. The van der Waals surface area contributed by atoms with Gasteiger partial charge < -0.3 is 13.9 Å². The van der Waals surface area contributed by atoms with Gasteiger partial charge in [0.2, 0.25) is 5.62 Å². The largest absolute Gasteiger partial charge is 0.383 e. The van der Waals surface area contributed by atoms with Crippen LogP contribution in [0, 0.1) is 5.41 Å². The predicted octanol–water partition coefficient (Wildman–Crippen LogP) is 3.10. The van der Waals surface area contributed by atoms with E-state index in [1.165, 1.54) is 0 Å². The van der Waals surface area contributed by atoms with E-state index in [-0.39, 0.29) is 17.9 Å². The Morgan fingerprint density at radius 3 is 2.58 bits per heavy atom. The number of para-hydroxylation sites is 1. The minimum absolute atomic E-state index is 0.0418. The molecule has 2 aromatic carbocycles. The minimum atomic E-state index is -0.0418. The van der Waals surface area contributed by atoms with Gasteiger partial charge in [-0.05, 0) is 12.1 Å². The fourth-order valence-corrected chi connectivity index (χ4v) is 3.05. The maximum Gasteiger partial charge on any atom is 0.203 e. The number of ether oxygens (including phenoxy) is 1. The number of aromatic nitrogens is 2. The first-order valence-electron chi connectivity index (χ1n) is 7.63. The number of benzene rings is 2. The van der Waals surface area contributed by atoms with Crippen LogP contribution >= 0.6 is 11.6 Å². The molecule has 0 atom stereocenters. The molecule has 3 rings (SSSR count). The Labute approximate surface area is 144 Å². The Bertz CT molecular complexity index is 929. The van der Waals surface area contributed by atoms with Crippen molar-refractivity contribution in [2.45, 2.75) is 13.1 Å². The number of hydrogen-bond donors (Lipinski definition) is 1. The molecule has 1 N–H and O–H groups in total. The van der Waals surface area contributed by atoms with Crippen molar-refractivity contribution in [1.29, 1.82) is 5.41 Å². The number of methoxy groups -OCH3 is 1. The highest BCUT2D eigenvalue weighted by molar-refractivity contribution is 6.35. The summed E-state index contributed by atoms with van der Waals surface area (Å²) in [5.74, 6) is -0.0418. The van der Waals surface area contributed by atoms with Gasteiger partial charge in [0.25, 0.3) is 0 Å². The van der Waals surface area contributed by atoms with Crippen LogP contribution in [-0.2, 0) is 17.8 Å². The molecule has 0 bridgehead atoms. The maximum atomic E-state index is 12.5. The molecule has 0 saturated heterocycles. The smallest absolute Gasteiger partial charge is 0.203 e. The van der Waals surface area contributed by atoms with Crippen LogP contribution in [-0.4, -0.2) is 28.6 Å². The summed E-state index contributed by atoms with van der Waals surface area (Å²) < 4.78 is 8.59. The Morgan fingerprint density at radius 2 is 1.88 bits per heavy atom. The van der Waals surface area contributed by atoms with E-state index in [0.29, 0.717) is 23.7 Å². The molecule has 0 spiro atoms. The second-order valence-electron chi connectivity index (χ2n) is 5.45. The van der Waals surface area contributed by atoms with Crippen LogP contribution in [0.4, 0.5) is 0 Å². The molecule has 0 radical (unpaired) electrons. The van der Waals surface area contributed by atoms with Crippen LogP contribution in [0.2, 0.25) is 5.02 Å². The van der Waals surface area contributed by atoms with Gasteiger partial charge in [-0.2, -0.15) is 0 Å². The van der Waals surface area contributed by atoms with Gasteiger partial charge >= 0.3 is 0 Å². The van der Waals surface area contributed by atoms with Gasteiger partial charge in [-0.25, -0.2) is 0 Å². The topological polar surface area (TPSA) is 60.0 Å². The predicted molar refractivity (Wildman–Crippen MR) is 93.4 cm³/mol. The zero-order valence-electron chi connectivity index (χ0n) is 13.3. The number of ketones is 1. The zero-order valence-corrected chi connectivity index (χ0v) is 14.1. The molecule has 3 aromatic rings. The number of Topliss-reactive ketones (excluding diaryl/α,β-unsaturated/α-hetero) is 1. The fourth-order valence-electron chi connectivity index (χ4n) is 2.77. The van der Waals surface area contributed by atoms with Crippen molar-refractivity contribution in [2.24, 2.45) is 0 Å². The van der Waals surface area contributed by atoms with Gasteiger partial charge in [-0.3, -0.25) is 10.2 Å². The number of hydrogen-bond acceptors (Lipinski definition) is 3. The van der Waals surface area contributed by atoms with Gasteiger partial charge in [0.05, 0.1) is 29.2 Å². The summed E-state index contributed by atoms with van der Waals surface area (Å²) in [6.45, 7) is 1.06.